The van der Waals surface area contributed by atoms with Crippen molar-refractivity contribution in [2.45, 2.75) is 0 Å². The maximum Gasteiger partial charge on any atom is 0.0730 e. The topological polar surface area (TPSA) is 53.5 Å². The monoisotopic (exact) mass is 880 g/mol. The lowest BCUT2D eigenvalue weighted by Gasteiger charge is -2.13. The summed E-state index contributed by atoms with van der Waals surface area (Å²) >= 11 is 0. The van der Waals surface area contributed by atoms with Gasteiger partial charge in [0.05, 0.1) is 67.8 Å². The number of benzene rings is 8. The lowest BCUT2D eigenvalue weighted by Crippen LogP contribution is -1.98. The highest BCUT2D eigenvalue weighted by Crippen LogP contribution is 2.40. The minimum Gasteiger partial charge on any atom is -0.309 e. The number of nitrogens with zero attached hydrogens (tertiary/aromatic N) is 6. The summed E-state index contributed by atoms with van der Waals surface area (Å²) in [7, 11) is 0. The van der Waals surface area contributed by atoms with Gasteiger partial charge in [0.2, 0.25) is 0 Å². The summed E-state index contributed by atoms with van der Waals surface area (Å²) in [6.45, 7) is 0. The van der Waals surface area contributed by atoms with Crippen molar-refractivity contribution in [1.82, 2.24) is 28.7 Å². The van der Waals surface area contributed by atoms with Crippen molar-refractivity contribution in [3.8, 4) is 62.1 Å². The Hall–Kier alpha value is -9.39. The fourth-order valence-corrected chi connectivity index (χ4v) is 10.6. The molecule has 69 heavy (non-hydrogen) atoms. The minimum atomic E-state index is 0.925. The van der Waals surface area contributed by atoms with Gasteiger partial charge in [-0.15, -0.1) is 0 Å². The van der Waals surface area contributed by atoms with Gasteiger partial charge in [-0.25, -0.2) is 9.97 Å². The van der Waals surface area contributed by atoms with E-state index in [0.717, 1.165) is 95.2 Å². The molecule has 6 heterocycles. The SMILES string of the molecule is c1ccc(-c2cc(-n3c4ccccc4c4cc(-c5cccc(-c6ccc7c(c6)c6ccccc6n7-c6ccc7c(c6)c6ccncc6n7-c6ccccc6)n5)ccc43)cc(-c3ccccc3)n2)cc1. The van der Waals surface area contributed by atoms with E-state index >= 15 is 0 Å². The molecule has 0 bridgehead atoms. The molecule has 0 spiro atoms. The van der Waals surface area contributed by atoms with Crippen LogP contribution in [0.4, 0.5) is 0 Å². The van der Waals surface area contributed by atoms with Gasteiger partial charge in [0.1, 0.15) is 0 Å². The van der Waals surface area contributed by atoms with Gasteiger partial charge >= 0.3 is 0 Å². The van der Waals surface area contributed by atoms with E-state index in [-0.39, 0.29) is 0 Å². The first-order valence-corrected chi connectivity index (χ1v) is 23.3. The Morgan fingerprint density at radius 1 is 0.246 bits per heavy atom. The zero-order valence-corrected chi connectivity index (χ0v) is 37.3. The number of para-hydroxylation sites is 3. The first kappa shape index (κ1) is 38.8. The summed E-state index contributed by atoms with van der Waals surface area (Å²) in [4.78, 5) is 15.1. The Morgan fingerprint density at radius 2 is 0.696 bits per heavy atom. The zero-order valence-electron chi connectivity index (χ0n) is 37.3. The molecule has 0 amide bonds. The Kier molecular flexibility index (Phi) is 8.79. The van der Waals surface area contributed by atoms with E-state index in [9.17, 15) is 0 Å². The van der Waals surface area contributed by atoms with Crippen molar-refractivity contribution in [1.29, 1.82) is 0 Å². The Bertz CT molecular complexity index is 4240. The smallest absolute Gasteiger partial charge is 0.0730 e. The second kappa shape index (κ2) is 15.6. The van der Waals surface area contributed by atoms with Gasteiger partial charge in [-0.05, 0) is 97.1 Å². The molecule has 0 N–H and O–H groups in total. The molecule has 6 aromatic heterocycles. The molecule has 0 atom stereocenters. The molecule has 8 aromatic carbocycles. The normalized spacial score (nSPS) is 11.8. The number of pyridine rings is 3. The first-order valence-electron chi connectivity index (χ1n) is 23.3. The number of rotatable bonds is 7. The van der Waals surface area contributed by atoms with Gasteiger partial charge in [0.25, 0.3) is 0 Å². The zero-order chi connectivity index (χ0) is 45.4. The molecule has 6 heteroatoms. The van der Waals surface area contributed by atoms with Crippen molar-refractivity contribution >= 4 is 65.4 Å². The van der Waals surface area contributed by atoms with E-state index in [0.29, 0.717) is 0 Å². The lowest BCUT2D eigenvalue weighted by molar-refractivity contribution is 1.16. The van der Waals surface area contributed by atoms with Crippen LogP contribution >= 0.6 is 0 Å². The average molecular weight is 881 g/mol. The van der Waals surface area contributed by atoms with Crippen molar-refractivity contribution in [2.24, 2.45) is 0 Å². The number of aromatic nitrogens is 6. The molecule has 0 saturated heterocycles. The third-order valence-corrected chi connectivity index (χ3v) is 13.7. The van der Waals surface area contributed by atoms with Crippen molar-refractivity contribution in [3.05, 3.63) is 243 Å². The Morgan fingerprint density at radius 3 is 1.29 bits per heavy atom. The molecule has 0 saturated carbocycles. The van der Waals surface area contributed by atoms with E-state index in [1.807, 2.05) is 24.5 Å². The lowest BCUT2D eigenvalue weighted by atomic mass is 10.0. The molecule has 0 radical (unpaired) electrons. The minimum absolute atomic E-state index is 0.925. The quantitative estimate of drug-likeness (QED) is 0.160. The number of hydrogen-bond donors (Lipinski definition) is 0. The largest absolute Gasteiger partial charge is 0.309 e. The number of hydrogen-bond acceptors (Lipinski definition) is 3. The van der Waals surface area contributed by atoms with Gasteiger partial charge in [0.15, 0.2) is 0 Å². The van der Waals surface area contributed by atoms with Crippen LogP contribution in [-0.4, -0.2) is 28.7 Å². The van der Waals surface area contributed by atoms with Crippen LogP contribution in [0, 0.1) is 0 Å². The van der Waals surface area contributed by atoms with E-state index in [4.69, 9.17) is 9.97 Å². The van der Waals surface area contributed by atoms with Crippen molar-refractivity contribution < 1.29 is 0 Å². The second-order valence-corrected chi connectivity index (χ2v) is 17.7. The molecule has 0 unspecified atom stereocenters. The first-order chi connectivity index (χ1) is 34.2. The van der Waals surface area contributed by atoms with E-state index in [1.54, 1.807) is 0 Å². The molecule has 322 valence electrons. The standard InChI is InChI=1S/C63H40N6/c1-4-15-41(16-5-1)56-38-47(39-57(66-56)42-17-6-2-7-18-42)69-59-26-13-11-22-49(59)52-36-44(28-31-61(52)69)55-24-14-23-54(65-55)43-27-30-60-51(35-43)48-21-10-12-25-58(48)68(60)46-29-32-62-53(37-46)50-33-34-64-40-63(50)67(62)45-19-8-3-9-20-45/h1-40H. The summed E-state index contributed by atoms with van der Waals surface area (Å²) in [5.74, 6) is 0. The highest BCUT2D eigenvalue weighted by molar-refractivity contribution is 6.13. The molecule has 0 aliphatic rings. The van der Waals surface area contributed by atoms with Crippen LogP contribution in [0.3, 0.4) is 0 Å². The molecule has 0 aliphatic heterocycles. The highest BCUT2D eigenvalue weighted by Gasteiger charge is 2.19. The maximum absolute atomic E-state index is 5.37. The number of fused-ring (bicyclic) bond motifs is 9. The summed E-state index contributed by atoms with van der Waals surface area (Å²) in [6.07, 6.45) is 3.86. The van der Waals surface area contributed by atoms with Crippen LogP contribution in [-0.2, 0) is 0 Å². The van der Waals surface area contributed by atoms with Gasteiger partial charge in [-0.1, -0.05) is 133 Å². The molecule has 6 nitrogen and oxygen atoms in total. The summed E-state index contributed by atoms with van der Waals surface area (Å²) in [5.41, 5.74) is 18.1. The third-order valence-electron chi connectivity index (χ3n) is 13.7. The molecule has 14 rings (SSSR count). The van der Waals surface area contributed by atoms with Crippen LogP contribution < -0.4 is 0 Å². The molecule has 14 aromatic rings. The molecule has 0 aliphatic carbocycles. The highest BCUT2D eigenvalue weighted by atomic mass is 15.0. The van der Waals surface area contributed by atoms with E-state index in [2.05, 4.69) is 237 Å². The van der Waals surface area contributed by atoms with Crippen molar-refractivity contribution in [2.75, 3.05) is 0 Å². The molecular formula is C63H40N6. The van der Waals surface area contributed by atoms with Crippen LogP contribution in [0.1, 0.15) is 0 Å². The van der Waals surface area contributed by atoms with Crippen molar-refractivity contribution in [3.63, 3.8) is 0 Å². The van der Waals surface area contributed by atoms with Gasteiger partial charge in [0, 0.05) is 72.1 Å². The van der Waals surface area contributed by atoms with E-state index < -0.39 is 0 Å². The summed E-state index contributed by atoms with van der Waals surface area (Å²) in [6, 6.07) is 82.1. The van der Waals surface area contributed by atoms with Gasteiger partial charge in [-0.2, -0.15) is 0 Å². The Labute approximate surface area is 397 Å². The molecular weight excluding hydrogens is 841 g/mol. The van der Waals surface area contributed by atoms with Gasteiger partial charge < -0.3 is 13.7 Å². The van der Waals surface area contributed by atoms with E-state index in [1.165, 1.54) is 32.3 Å². The van der Waals surface area contributed by atoms with Crippen LogP contribution in [0.25, 0.3) is 128 Å². The third kappa shape index (κ3) is 6.30. The summed E-state index contributed by atoms with van der Waals surface area (Å²) in [5, 5.41) is 7.10. The predicted molar refractivity (Wildman–Crippen MR) is 285 cm³/mol. The maximum atomic E-state index is 5.37. The average Bonchev–Trinajstić information content (AvgIpc) is 4.06. The second-order valence-electron chi connectivity index (χ2n) is 17.7. The van der Waals surface area contributed by atoms with Gasteiger partial charge in [-0.3, -0.25) is 4.98 Å². The fourth-order valence-electron chi connectivity index (χ4n) is 10.6. The summed E-state index contributed by atoms with van der Waals surface area (Å²) < 4.78 is 7.08. The van der Waals surface area contributed by atoms with Crippen LogP contribution in [0.15, 0.2) is 243 Å². The fraction of sp³-hybridized carbons (Fsp3) is 0. The Balaban J connectivity index is 0.871. The molecule has 0 fully saturated rings. The van der Waals surface area contributed by atoms with Crippen LogP contribution in [0.5, 0.6) is 0 Å². The van der Waals surface area contributed by atoms with Crippen LogP contribution in [0.2, 0.25) is 0 Å². The predicted octanol–water partition coefficient (Wildman–Crippen LogP) is 15.8.